The molecule has 0 atom stereocenters. The minimum absolute atomic E-state index is 0.00375. The molecule has 0 radical (unpaired) electrons. The number of nitrogens with one attached hydrogen (secondary N) is 1. The van der Waals surface area contributed by atoms with Crippen molar-refractivity contribution < 1.29 is 9.59 Å². The van der Waals surface area contributed by atoms with Crippen molar-refractivity contribution in [2.75, 3.05) is 20.6 Å². The average molecular weight is 368 g/mol. The van der Waals surface area contributed by atoms with Crippen LogP contribution in [0.5, 0.6) is 0 Å². The van der Waals surface area contributed by atoms with E-state index >= 15 is 0 Å². The number of aromatic nitrogens is 2. The van der Waals surface area contributed by atoms with Gasteiger partial charge in [-0.05, 0) is 36.4 Å². The van der Waals surface area contributed by atoms with Crippen molar-refractivity contribution in [2.45, 2.75) is 10.6 Å². The van der Waals surface area contributed by atoms with E-state index in [-0.39, 0.29) is 18.4 Å². The topological polar surface area (TPSA) is 66.7 Å². The van der Waals surface area contributed by atoms with E-state index in [9.17, 15) is 9.59 Å². The third-order valence-corrected chi connectivity index (χ3v) is 4.86. The molecule has 0 bridgehead atoms. The van der Waals surface area contributed by atoms with E-state index in [1.807, 2.05) is 47.1 Å². The second-order valence-corrected chi connectivity index (χ2v) is 7.03. The molecule has 1 aromatic carbocycles. The van der Waals surface area contributed by atoms with E-state index in [2.05, 4.69) is 10.3 Å². The standard InChI is InChI=1S/C19H20N4O2S/c1-22(2)18(24)11-20-19(25)14-6-8-16(9-7-14)26-13-15-12-23-10-4-3-5-17(23)21-15/h3-10,12H,11,13H2,1-2H3,(H,20,25). The van der Waals surface area contributed by atoms with Gasteiger partial charge in [0, 0.05) is 42.7 Å². The lowest BCUT2D eigenvalue weighted by Gasteiger charge is -2.11. The molecule has 0 aliphatic rings. The molecular weight excluding hydrogens is 348 g/mol. The van der Waals surface area contributed by atoms with Crippen LogP contribution >= 0.6 is 11.8 Å². The molecule has 0 spiro atoms. The molecule has 2 amide bonds. The fourth-order valence-electron chi connectivity index (χ4n) is 2.33. The SMILES string of the molecule is CN(C)C(=O)CNC(=O)c1ccc(SCc2cn3ccccc3n2)cc1. The number of nitrogens with zero attached hydrogens (tertiary/aromatic N) is 3. The summed E-state index contributed by atoms with van der Waals surface area (Å²) in [6, 6.07) is 13.3. The van der Waals surface area contributed by atoms with Crippen molar-refractivity contribution in [3.63, 3.8) is 0 Å². The molecule has 0 fully saturated rings. The van der Waals surface area contributed by atoms with Crippen LogP contribution in [0.4, 0.5) is 0 Å². The summed E-state index contributed by atoms with van der Waals surface area (Å²) < 4.78 is 2.00. The zero-order valence-electron chi connectivity index (χ0n) is 14.7. The first-order valence-electron chi connectivity index (χ1n) is 8.17. The first-order chi connectivity index (χ1) is 12.5. The Morgan fingerprint density at radius 2 is 1.92 bits per heavy atom. The van der Waals surface area contributed by atoms with Gasteiger partial charge in [-0.1, -0.05) is 6.07 Å². The molecule has 0 aliphatic heterocycles. The summed E-state index contributed by atoms with van der Waals surface area (Å²) in [7, 11) is 3.31. The van der Waals surface area contributed by atoms with Crippen molar-refractivity contribution in [1.82, 2.24) is 19.6 Å². The Kier molecular flexibility index (Phi) is 5.58. The number of likely N-dealkylation sites (N-methyl/N-ethyl adjacent to an activating group) is 1. The van der Waals surface area contributed by atoms with Gasteiger partial charge in [-0.3, -0.25) is 9.59 Å². The van der Waals surface area contributed by atoms with Crippen molar-refractivity contribution in [3.05, 3.63) is 66.1 Å². The van der Waals surface area contributed by atoms with Crippen LogP contribution in [0.25, 0.3) is 5.65 Å². The molecule has 2 heterocycles. The highest BCUT2D eigenvalue weighted by atomic mass is 32.2. The molecule has 0 unspecified atom stereocenters. The minimum atomic E-state index is -0.253. The van der Waals surface area contributed by atoms with E-state index in [0.29, 0.717) is 5.56 Å². The number of thioether (sulfide) groups is 1. The molecule has 134 valence electrons. The van der Waals surface area contributed by atoms with Gasteiger partial charge in [0.25, 0.3) is 5.91 Å². The highest BCUT2D eigenvalue weighted by Crippen LogP contribution is 2.23. The third-order valence-electron chi connectivity index (χ3n) is 3.82. The Balaban J connectivity index is 1.55. The van der Waals surface area contributed by atoms with E-state index in [4.69, 9.17) is 0 Å². The number of hydrogen-bond acceptors (Lipinski definition) is 4. The van der Waals surface area contributed by atoms with Gasteiger partial charge in [0.05, 0.1) is 12.2 Å². The van der Waals surface area contributed by atoms with Crippen LogP contribution in [0.15, 0.2) is 59.8 Å². The van der Waals surface area contributed by atoms with E-state index in [1.165, 1.54) is 4.90 Å². The van der Waals surface area contributed by atoms with Crippen LogP contribution < -0.4 is 5.32 Å². The lowest BCUT2D eigenvalue weighted by molar-refractivity contribution is -0.127. The van der Waals surface area contributed by atoms with Crippen molar-refractivity contribution >= 4 is 29.2 Å². The van der Waals surface area contributed by atoms with Crippen LogP contribution in [0.1, 0.15) is 16.1 Å². The molecule has 6 nitrogen and oxygen atoms in total. The van der Waals surface area contributed by atoms with Gasteiger partial charge in [-0.25, -0.2) is 4.98 Å². The smallest absolute Gasteiger partial charge is 0.251 e. The summed E-state index contributed by atoms with van der Waals surface area (Å²) in [5.41, 5.74) is 2.47. The first-order valence-corrected chi connectivity index (χ1v) is 9.15. The predicted molar refractivity (Wildman–Crippen MR) is 102 cm³/mol. The Morgan fingerprint density at radius 1 is 1.15 bits per heavy atom. The van der Waals surface area contributed by atoms with Crippen LogP contribution in [0.3, 0.4) is 0 Å². The molecule has 7 heteroatoms. The lowest BCUT2D eigenvalue weighted by atomic mass is 10.2. The van der Waals surface area contributed by atoms with Gasteiger partial charge >= 0.3 is 0 Å². The molecule has 0 aliphatic carbocycles. The van der Waals surface area contributed by atoms with Crippen LogP contribution in [-0.4, -0.2) is 46.7 Å². The maximum atomic E-state index is 12.1. The molecule has 3 rings (SSSR count). The van der Waals surface area contributed by atoms with Crippen LogP contribution in [-0.2, 0) is 10.5 Å². The number of carbonyl (C=O) groups excluding carboxylic acids is 2. The number of hydrogen-bond donors (Lipinski definition) is 1. The number of pyridine rings is 1. The second-order valence-electron chi connectivity index (χ2n) is 5.98. The first kappa shape index (κ1) is 18.0. The molecular formula is C19H20N4O2S. The number of carbonyl (C=O) groups is 2. The largest absolute Gasteiger partial charge is 0.347 e. The summed E-state index contributed by atoms with van der Waals surface area (Å²) in [6.07, 6.45) is 4.00. The van der Waals surface area contributed by atoms with Crippen molar-refractivity contribution in [2.24, 2.45) is 0 Å². The third kappa shape index (κ3) is 4.43. The number of benzene rings is 1. The minimum Gasteiger partial charge on any atom is -0.347 e. The lowest BCUT2D eigenvalue weighted by Crippen LogP contribution is -2.36. The maximum absolute atomic E-state index is 12.1. The molecule has 1 N–H and O–H groups in total. The number of fused-ring (bicyclic) bond motifs is 1. The monoisotopic (exact) mass is 368 g/mol. The molecule has 0 saturated carbocycles. The Morgan fingerprint density at radius 3 is 2.62 bits per heavy atom. The molecule has 2 aromatic heterocycles. The van der Waals surface area contributed by atoms with E-state index < -0.39 is 0 Å². The number of imidazole rings is 1. The zero-order valence-corrected chi connectivity index (χ0v) is 15.5. The molecule has 3 aromatic rings. The fraction of sp³-hybridized carbons (Fsp3) is 0.211. The normalized spacial score (nSPS) is 10.7. The van der Waals surface area contributed by atoms with Crippen LogP contribution in [0, 0.1) is 0 Å². The molecule has 26 heavy (non-hydrogen) atoms. The van der Waals surface area contributed by atoms with E-state index in [0.717, 1.165) is 22.0 Å². The summed E-state index contributed by atoms with van der Waals surface area (Å²) >= 11 is 1.66. The van der Waals surface area contributed by atoms with E-state index in [1.54, 1.807) is 38.0 Å². The zero-order chi connectivity index (χ0) is 18.5. The summed E-state index contributed by atoms with van der Waals surface area (Å²) in [5, 5.41) is 2.62. The highest BCUT2D eigenvalue weighted by Gasteiger charge is 2.09. The van der Waals surface area contributed by atoms with Crippen molar-refractivity contribution in [1.29, 1.82) is 0 Å². The second kappa shape index (κ2) is 8.05. The summed E-state index contributed by atoms with van der Waals surface area (Å²) in [5.74, 6) is 0.361. The summed E-state index contributed by atoms with van der Waals surface area (Å²) in [6.45, 7) is -0.00375. The maximum Gasteiger partial charge on any atom is 0.251 e. The fourth-order valence-corrected chi connectivity index (χ4v) is 3.11. The van der Waals surface area contributed by atoms with Gasteiger partial charge in [-0.15, -0.1) is 11.8 Å². The Hall–Kier alpha value is -2.80. The van der Waals surface area contributed by atoms with Crippen LogP contribution in [0.2, 0.25) is 0 Å². The Bertz CT molecular complexity index is 886. The molecule has 0 saturated heterocycles. The Labute approximate surface area is 156 Å². The van der Waals surface area contributed by atoms with Gasteiger partial charge in [-0.2, -0.15) is 0 Å². The highest BCUT2D eigenvalue weighted by molar-refractivity contribution is 7.98. The quantitative estimate of drug-likeness (QED) is 0.679. The number of rotatable bonds is 6. The summed E-state index contributed by atoms with van der Waals surface area (Å²) in [4.78, 5) is 30.7. The average Bonchev–Trinajstić information content (AvgIpc) is 3.07. The van der Waals surface area contributed by atoms with Gasteiger partial charge < -0.3 is 14.6 Å². The van der Waals surface area contributed by atoms with Gasteiger partial charge in [0.15, 0.2) is 0 Å². The van der Waals surface area contributed by atoms with Gasteiger partial charge in [0.2, 0.25) is 5.91 Å². The predicted octanol–water partition coefficient (Wildman–Crippen LogP) is 2.44. The van der Waals surface area contributed by atoms with Gasteiger partial charge in [0.1, 0.15) is 5.65 Å². The van der Waals surface area contributed by atoms with Crippen molar-refractivity contribution in [3.8, 4) is 0 Å². The number of amides is 2.